The molecule has 0 bridgehead atoms. The molecule has 4 aromatic carbocycles. The van der Waals surface area contributed by atoms with Gasteiger partial charge in [-0.05, 0) is 23.3 Å². The molecule has 0 fully saturated rings. The van der Waals surface area contributed by atoms with E-state index in [-0.39, 0.29) is 5.97 Å². The molecule has 0 radical (unpaired) electrons. The number of aromatic nitrogens is 1. The maximum Gasteiger partial charge on any atom is 0.337 e. The molecule has 164 valence electrons. The smallest absolute Gasteiger partial charge is 0.337 e. The lowest BCUT2D eigenvalue weighted by atomic mass is 9.97. The van der Waals surface area contributed by atoms with Gasteiger partial charge >= 0.3 is 5.97 Å². The Balaban J connectivity index is 1.71. The third-order valence-electron chi connectivity index (χ3n) is 5.71. The lowest BCUT2D eigenvalue weighted by Crippen LogP contribution is -2.02. The standard InChI is InChI=1S/C30H22N2O2/c1-34-30(33)24-17-15-21(16-18-24)26-14-8-13-25-19-31-20-27(28(25)26)32-29(22-9-4-2-5-10-22)23-11-6-3-7-12-23/h2-20H,1H3. The van der Waals surface area contributed by atoms with Crippen LogP contribution < -0.4 is 0 Å². The van der Waals surface area contributed by atoms with Gasteiger partial charge in [0.2, 0.25) is 0 Å². The van der Waals surface area contributed by atoms with Crippen molar-refractivity contribution in [1.29, 1.82) is 0 Å². The molecule has 0 aliphatic heterocycles. The van der Waals surface area contributed by atoms with Crippen molar-refractivity contribution in [2.75, 3.05) is 7.11 Å². The molecule has 0 unspecified atom stereocenters. The molecule has 4 heteroatoms. The van der Waals surface area contributed by atoms with E-state index in [1.807, 2.05) is 66.9 Å². The monoisotopic (exact) mass is 442 g/mol. The fourth-order valence-electron chi connectivity index (χ4n) is 4.05. The molecular formula is C30H22N2O2. The number of aliphatic imine (C=N–C) groups is 1. The zero-order valence-electron chi connectivity index (χ0n) is 18.7. The summed E-state index contributed by atoms with van der Waals surface area (Å²) in [6.45, 7) is 0. The number of carbonyl (C=O) groups is 1. The van der Waals surface area contributed by atoms with Crippen molar-refractivity contribution in [3.05, 3.63) is 132 Å². The lowest BCUT2D eigenvalue weighted by molar-refractivity contribution is 0.0601. The van der Waals surface area contributed by atoms with E-state index in [2.05, 4.69) is 35.3 Å². The van der Waals surface area contributed by atoms with Crippen molar-refractivity contribution < 1.29 is 9.53 Å². The first kappa shape index (κ1) is 21.3. The molecule has 0 N–H and O–H groups in total. The average Bonchev–Trinajstić information content (AvgIpc) is 2.92. The highest BCUT2D eigenvalue weighted by Crippen LogP contribution is 2.35. The number of rotatable bonds is 5. The van der Waals surface area contributed by atoms with Gasteiger partial charge < -0.3 is 4.74 Å². The molecule has 0 spiro atoms. The van der Waals surface area contributed by atoms with Gasteiger partial charge in [0.1, 0.15) is 0 Å². The summed E-state index contributed by atoms with van der Waals surface area (Å²) in [5.41, 5.74) is 6.26. The highest BCUT2D eigenvalue weighted by molar-refractivity contribution is 6.15. The molecule has 34 heavy (non-hydrogen) atoms. The summed E-state index contributed by atoms with van der Waals surface area (Å²) < 4.78 is 4.83. The van der Waals surface area contributed by atoms with Crippen molar-refractivity contribution >= 4 is 28.1 Å². The van der Waals surface area contributed by atoms with Crippen LogP contribution in [0.1, 0.15) is 21.5 Å². The Bertz CT molecular complexity index is 1430. The first-order valence-electron chi connectivity index (χ1n) is 11.0. The molecule has 1 aromatic heterocycles. The van der Waals surface area contributed by atoms with Crippen LogP contribution in [0, 0.1) is 0 Å². The van der Waals surface area contributed by atoms with E-state index in [0.29, 0.717) is 5.56 Å². The van der Waals surface area contributed by atoms with Gasteiger partial charge in [0, 0.05) is 28.1 Å². The normalized spacial score (nSPS) is 10.6. The van der Waals surface area contributed by atoms with Crippen LogP contribution in [0.2, 0.25) is 0 Å². The second kappa shape index (κ2) is 9.51. The molecule has 0 atom stereocenters. The SMILES string of the molecule is COC(=O)c1ccc(-c2cccc3cncc(N=C(c4ccccc4)c4ccccc4)c23)cc1. The van der Waals surface area contributed by atoms with Crippen LogP contribution >= 0.6 is 0 Å². The van der Waals surface area contributed by atoms with Crippen LogP contribution in [-0.2, 0) is 4.74 Å². The largest absolute Gasteiger partial charge is 0.465 e. The zero-order valence-corrected chi connectivity index (χ0v) is 18.7. The highest BCUT2D eigenvalue weighted by Gasteiger charge is 2.13. The number of pyridine rings is 1. The number of nitrogens with zero attached hydrogens (tertiary/aromatic N) is 2. The van der Waals surface area contributed by atoms with Crippen LogP contribution in [0.5, 0.6) is 0 Å². The molecule has 0 aliphatic carbocycles. The summed E-state index contributed by atoms with van der Waals surface area (Å²) in [6.07, 6.45) is 3.66. The number of esters is 1. The number of methoxy groups -OCH3 is 1. The van der Waals surface area contributed by atoms with E-state index in [1.165, 1.54) is 7.11 Å². The van der Waals surface area contributed by atoms with E-state index in [0.717, 1.165) is 44.4 Å². The van der Waals surface area contributed by atoms with E-state index < -0.39 is 0 Å². The number of fused-ring (bicyclic) bond motifs is 1. The number of benzene rings is 4. The number of carbonyl (C=O) groups excluding carboxylic acids is 1. The van der Waals surface area contributed by atoms with Crippen LogP contribution in [0.15, 0.2) is 121 Å². The van der Waals surface area contributed by atoms with E-state index in [9.17, 15) is 4.79 Å². The number of hydrogen-bond acceptors (Lipinski definition) is 4. The predicted octanol–water partition coefficient (Wildman–Crippen LogP) is 6.86. The lowest BCUT2D eigenvalue weighted by Gasteiger charge is -2.12. The summed E-state index contributed by atoms with van der Waals surface area (Å²) in [4.78, 5) is 21.5. The molecule has 0 saturated heterocycles. The van der Waals surface area contributed by atoms with E-state index >= 15 is 0 Å². The molecule has 0 saturated carbocycles. The van der Waals surface area contributed by atoms with E-state index in [4.69, 9.17) is 9.73 Å². The first-order chi connectivity index (χ1) is 16.7. The minimum Gasteiger partial charge on any atom is -0.465 e. The predicted molar refractivity (Wildman–Crippen MR) is 137 cm³/mol. The summed E-state index contributed by atoms with van der Waals surface area (Å²) in [7, 11) is 1.38. The maximum atomic E-state index is 11.9. The maximum absolute atomic E-state index is 11.9. The second-order valence-corrected chi connectivity index (χ2v) is 7.82. The van der Waals surface area contributed by atoms with Gasteiger partial charge in [-0.2, -0.15) is 0 Å². The molecular weight excluding hydrogens is 420 g/mol. The Kier molecular flexibility index (Phi) is 5.95. The van der Waals surface area contributed by atoms with Gasteiger partial charge in [0.05, 0.1) is 30.3 Å². The van der Waals surface area contributed by atoms with Crippen LogP contribution in [0.25, 0.3) is 21.9 Å². The fourth-order valence-corrected chi connectivity index (χ4v) is 4.05. The third-order valence-corrected chi connectivity index (χ3v) is 5.71. The summed E-state index contributed by atoms with van der Waals surface area (Å²) in [5, 5.41) is 2.00. The molecule has 0 aliphatic rings. The second-order valence-electron chi connectivity index (χ2n) is 7.82. The Morgan fingerprint density at radius 2 is 1.35 bits per heavy atom. The van der Waals surface area contributed by atoms with Crippen LogP contribution in [0.4, 0.5) is 5.69 Å². The number of hydrogen-bond donors (Lipinski definition) is 0. The van der Waals surface area contributed by atoms with Gasteiger partial charge in [-0.25, -0.2) is 9.79 Å². The molecule has 4 nitrogen and oxygen atoms in total. The number of ether oxygens (including phenoxy) is 1. The van der Waals surface area contributed by atoms with Crippen molar-refractivity contribution in [2.24, 2.45) is 4.99 Å². The first-order valence-corrected chi connectivity index (χ1v) is 11.0. The van der Waals surface area contributed by atoms with E-state index in [1.54, 1.807) is 18.3 Å². The summed E-state index contributed by atoms with van der Waals surface area (Å²) >= 11 is 0. The van der Waals surface area contributed by atoms with Crippen molar-refractivity contribution in [3.63, 3.8) is 0 Å². The minimum atomic E-state index is -0.352. The summed E-state index contributed by atoms with van der Waals surface area (Å²) in [5.74, 6) is -0.352. The Labute approximate surface area is 198 Å². The molecule has 1 heterocycles. The topological polar surface area (TPSA) is 51.5 Å². The van der Waals surface area contributed by atoms with Gasteiger partial charge in [-0.1, -0.05) is 91.0 Å². The van der Waals surface area contributed by atoms with Crippen molar-refractivity contribution in [1.82, 2.24) is 4.98 Å². The van der Waals surface area contributed by atoms with Crippen LogP contribution in [0.3, 0.4) is 0 Å². The highest BCUT2D eigenvalue weighted by atomic mass is 16.5. The zero-order chi connectivity index (χ0) is 23.3. The third kappa shape index (κ3) is 4.21. The Hall–Kier alpha value is -4.57. The Morgan fingerprint density at radius 1 is 0.706 bits per heavy atom. The van der Waals surface area contributed by atoms with Crippen molar-refractivity contribution in [3.8, 4) is 11.1 Å². The van der Waals surface area contributed by atoms with Gasteiger partial charge in [-0.15, -0.1) is 0 Å². The molecule has 5 rings (SSSR count). The Morgan fingerprint density at radius 3 is 1.97 bits per heavy atom. The van der Waals surface area contributed by atoms with Gasteiger partial charge in [0.25, 0.3) is 0 Å². The fraction of sp³-hybridized carbons (Fsp3) is 0.0333. The van der Waals surface area contributed by atoms with Crippen molar-refractivity contribution in [2.45, 2.75) is 0 Å². The summed E-state index contributed by atoms with van der Waals surface area (Å²) in [6, 6.07) is 33.9. The molecule has 5 aromatic rings. The van der Waals surface area contributed by atoms with Gasteiger partial charge in [0.15, 0.2) is 0 Å². The average molecular weight is 443 g/mol. The van der Waals surface area contributed by atoms with Crippen LogP contribution in [-0.4, -0.2) is 23.8 Å². The van der Waals surface area contributed by atoms with Gasteiger partial charge in [-0.3, -0.25) is 4.98 Å². The molecule has 0 amide bonds. The minimum absolute atomic E-state index is 0.352. The quantitative estimate of drug-likeness (QED) is 0.221.